The molecule has 1 saturated heterocycles. The lowest BCUT2D eigenvalue weighted by molar-refractivity contribution is 0.0240. The van der Waals surface area contributed by atoms with Crippen LogP contribution in [0.2, 0.25) is 0 Å². The van der Waals surface area contributed by atoms with Crippen molar-refractivity contribution in [2.75, 3.05) is 37.7 Å². The molecule has 1 amide bonds. The number of hydrogen-bond donors (Lipinski definition) is 0. The summed E-state index contributed by atoms with van der Waals surface area (Å²) in [6.45, 7) is 11.3. The fourth-order valence-electron chi connectivity index (χ4n) is 2.39. The monoisotopic (exact) mass is 306 g/mol. The SMILES string of the molecule is CCOc1ccc(N2CCN(C(=O)OC(C)(C)C)CC2)cc1. The van der Waals surface area contributed by atoms with Gasteiger partial charge in [-0.3, -0.25) is 0 Å². The highest BCUT2D eigenvalue weighted by molar-refractivity contribution is 5.68. The maximum Gasteiger partial charge on any atom is 0.410 e. The molecule has 5 heteroatoms. The number of piperazine rings is 1. The highest BCUT2D eigenvalue weighted by Gasteiger charge is 2.25. The van der Waals surface area contributed by atoms with Gasteiger partial charge in [-0.15, -0.1) is 0 Å². The molecule has 22 heavy (non-hydrogen) atoms. The molecule has 1 heterocycles. The van der Waals surface area contributed by atoms with Crippen LogP contribution < -0.4 is 9.64 Å². The van der Waals surface area contributed by atoms with Gasteiger partial charge in [0.15, 0.2) is 0 Å². The van der Waals surface area contributed by atoms with Gasteiger partial charge in [-0.1, -0.05) is 0 Å². The first-order chi connectivity index (χ1) is 10.4. The Hall–Kier alpha value is -1.91. The van der Waals surface area contributed by atoms with E-state index in [9.17, 15) is 4.79 Å². The van der Waals surface area contributed by atoms with Crippen LogP contribution in [-0.2, 0) is 4.74 Å². The number of hydrogen-bond acceptors (Lipinski definition) is 4. The van der Waals surface area contributed by atoms with E-state index in [0.29, 0.717) is 19.7 Å². The molecule has 1 fully saturated rings. The van der Waals surface area contributed by atoms with E-state index in [4.69, 9.17) is 9.47 Å². The predicted octanol–water partition coefficient (Wildman–Crippen LogP) is 3.14. The molecule has 0 unspecified atom stereocenters. The molecule has 2 rings (SSSR count). The summed E-state index contributed by atoms with van der Waals surface area (Å²) in [6.07, 6.45) is -0.223. The van der Waals surface area contributed by atoms with Crippen molar-refractivity contribution >= 4 is 11.8 Å². The maximum absolute atomic E-state index is 12.0. The van der Waals surface area contributed by atoms with Gasteiger partial charge in [0.1, 0.15) is 11.4 Å². The van der Waals surface area contributed by atoms with Gasteiger partial charge in [-0.05, 0) is 52.0 Å². The van der Waals surface area contributed by atoms with Gasteiger partial charge in [0.05, 0.1) is 6.61 Å². The van der Waals surface area contributed by atoms with Gasteiger partial charge >= 0.3 is 6.09 Å². The summed E-state index contributed by atoms with van der Waals surface area (Å²) in [4.78, 5) is 16.1. The molecule has 0 bridgehead atoms. The van der Waals surface area contributed by atoms with E-state index in [-0.39, 0.29) is 6.09 Å². The first kappa shape index (κ1) is 16.5. The second-order valence-corrected chi connectivity index (χ2v) is 6.38. The van der Waals surface area contributed by atoms with Crippen molar-refractivity contribution in [3.8, 4) is 5.75 Å². The first-order valence-corrected chi connectivity index (χ1v) is 7.85. The fourth-order valence-corrected chi connectivity index (χ4v) is 2.39. The molecule has 0 spiro atoms. The lowest BCUT2D eigenvalue weighted by Gasteiger charge is -2.36. The molecule has 122 valence electrons. The molecule has 1 aromatic carbocycles. The third-order valence-corrected chi connectivity index (χ3v) is 3.44. The van der Waals surface area contributed by atoms with Gasteiger partial charge < -0.3 is 19.3 Å². The van der Waals surface area contributed by atoms with Gasteiger partial charge in [0.2, 0.25) is 0 Å². The Labute approximate surface area is 132 Å². The third-order valence-electron chi connectivity index (χ3n) is 3.44. The number of benzene rings is 1. The minimum Gasteiger partial charge on any atom is -0.494 e. The Balaban J connectivity index is 1.87. The van der Waals surface area contributed by atoms with Crippen molar-refractivity contribution in [1.29, 1.82) is 0 Å². The smallest absolute Gasteiger partial charge is 0.410 e. The zero-order valence-corrected chi connectivity index (χ0v) is 14.0. The second-order valence-electron chi connectivity index (χ2n) is 6.38. The van der Waals surface area contributed by atoms with Crippen molar-refractivity contribution in [2.45, 2.75) is 33.3 Å². The van der Waals surface area contributed by atoms with Crippen LogP contribution >= 0.6 is 0 Å². The lowest BCUT2D eigenvalue weighted by atomic mass is 10.2. The minimum absolute atomic E-state index is 0.223. The molecular weight excluding hydrogens is 280 g/mol. The highest BCUT2D eigenvalue weighted by atomic mass is 16.6. The Morgan fingerprint density at radius 1 is 1.09 bits per heavy atom. The van der Waals surface area contributed by atoms with E-state index in [1.54, 1.807) is 4.90 Å². The lowest BCUT2D eigenvalue weighted by Crippen LogP contribution is -2.50. The van der Waals surface area contributed by atoms with Crippen molar-refractivity contribution in [1.82, 2.24) is 4.90 Å². The van der Waals surface area contributed by atoms with Gasteiger partial charge in [-0.2, -0.15) is 0 Å². The van der Waals surface area contributed by atoms with Crippen LogP contribution in [0, 0.1) is 0 Å². The summed E-state index contributed by atoms with van der Waals surface area (Å²) in [6, 6.07) is 8.10. The average molecular weight is 306 g/mol. The summed E-state index contributed by atoms with van der Waals surface area (Å²) < 4.78 is 10.9. The van der Waals surface area contributed by atoms with E-state index in [1.807, 2.05) is 39.8 Å². The maximum atomic E-state index is 12.0. The number of anilines is 1. The zero-order valence-electron chi connectivity index (χ0n) is 14.0. The van der Waals surface area contributed by atoms with E-state index in [1.165, 1.54) is 0 Å². The van der Waals surface area contributed by atoms with Crippen molar-refractivity contribution in [3.05, 3.63) is 24.3 Å². The van der Waals surface area contributed by atoms with Crippen LogP contribution in [0.1, 0.15) is 27.7 Å². The Morgan fingerprint density at radius 2 is 1.68 bits per heavy atom. The topological polar surface area (TPSA) is 42.0 Å². The molecule has 0 atom stereocenters. The Bertz CT molecular complexity index is 486. The van der Waals surface area contributed by atoms with Gasteiger partial charge in [-0.25, -0.2) is 4.79 Å². The summed E-state index contributed by atoms with van der Waals surface area (Å²) in [7, 11) is 0. The largest absolute Gasteiger partial charge is 0.494 e. The predicted molar refractivity (Wildman–Crippen MR) is 87.6 cm³/mol. The van der Waals surface area contributed by atoms with Crippen molar-refractivity contribution in [3.63, 3.8) is 0 Å². The fraction of sp³-hybridized carbons (Fsp3) is 0.588. The standard InChI is InChI=1S/C17H26N2O3/c1-5-21-15-8-6-14(7-9-15)18-10-12-19(13-11-18)16(20)22-17(2,3)4/h6-9H,5,10-13H2,1-4H3. The van der Waals surface area contributed by atoms with Crippen LogP contribution in [-0.4, -0.2) is 49.4 Å². The minimum atomic E-state index is -0.441. The number of nitrogens with zero attached hydrogens (tertiary/aromatic N) is 2. The summed E-state index contributed by atoms with van der Waals surface area (Å²) >= 11 is 0. The van der Waals surface area contributed by atoms with Crippen molar-refractivity contribution < 1.29 is 14.3 Å². The average Bonchev–Trinajstić information content (AvgIpc) is 2.47. The van der Waals surface area contributed by atoms with E-state index in [0.717, 1.165) is 24.5 Å². The molecule has 0 aliphatic carbocycles. The van der Waals surface area contributed by atoms with E-state index >= 15 is 0 Å². The van der Waals surface area contributed by atoms with Crippen LogP contribution in [0.5, 0.6) is 5.75 Å². The molecule has 0 saturated carbocycles. The molecule has 1 aromatic rings. The quantitative estimate of drug-likeness (QED) is 0.860. The summed E-state index contributed by atoms with van der Waals surface area (Å²) in [5.41, 5.74) is 0.718. The molecular formula is C17H26N2O3. The number of ether oxygens (including phenoxy) is 2. The second kappa shape index (κ2) is 6.90. The molecule has 0 aromatic heterocycles. The first-order valence-electron chi connectivity index (χ1n) is 7.85. The summed E-state index contributed by atoms with van der Waals surface area (Å²) in [5, 5.41) is 0. The van der Waals surface area contributed by atoms with Gasteiger partial charge in [0.25, 0.3) is 0 Å². The normalized spacial score (nSPS) is 15.6. The van der Waals surface area contributed by atoms with Gasteiger partial charge in [0, 0.05) is 31.9 Å². The molecule has 0 radical (unpaired) electrons. The Morgan fingerprint density at radius 3 is 2.18 bits per heavy atom. The molecule has 1 aliphatic rings. The Kier molecular flexibility index (Phi) is 5.16. The van der Waals surface area contributed by atoms with Crippen LogP contribution in [0.25, 0.3) is 0 Å². The number of rotatable bonds is 3. The van der Waals surface area contributed by atoms with E-state index in [2.05, 4.69) is 17.0 Å². The molecule has 0 N–H and O–H groups in total. The third kappa shape index (κ3) is 4.55. The number of carbonyl (C=O) groups excluding carboxylic acids is 1. The van der Waals surface area contributed by atoms with Crippen LogP contribution in [0.15, 0.2) is 24.3 Å². The number of amides is 1. The summed E-state index contributed by atoms with van der Waals surface area (Å²) in [5.74, 6) is 0.888. The molecule has 1 aliphatic heterocycles. The van der Waals surface area contributed by atoms with Crippen molar-refractivity contribution in [2.24, 2.45) is 0 Å². The van der Waals surface area contributed by atoms with Crippen LogP contribution in [0.4, 0.5) is 10.5 Å². The van der Waals surface area contributed by atoms with Crippen LogP contribution in [0.3, 0.4) is 0 Å². The zero-order chi connectivity index (χ0) is 16.2. The molecule has 5 nitrogen and oxygen atoms in total. The number of carbonyl (C=O) groups is 1. The van der Waals surface area contributed by atoms with E-state index < -0.39 is 5.60 Å². The highest BCUT2D eigenvalue weighted by Crippen LogP contribution is 2.21.